The van der Waals surface area contributed by atoms with E-state index >= 15 is 0 Å². The summed E-state index contributed by atoms with van der Waals surface area (Å²) in [5, 5.41) is 24.6. The highest BCUT2D eigenvalue weighted by Gasteiger charge is 2.32. The lowest BCUT2D eigenvalue weighted by atomic mass is 9.86. The first-order valence-electron chi connectivity index (χ1n) is 8.46. The predicted molar refractivity (Wildman–Crippen MR) is 100 cm³/mol. The van der Waals surface area contributed by atoms with Crippen LogP contribution >= 0.6 is 0 Å². The predicted octanol–water partition coefficient (Wildman–Crippen LogP) is 3.25. The standard InChI is InChI=1S/C22H23NO2/c24-16-21(18-10-4-1-5-11-18)23-17-22(25,19-12-6-2-7-13-19)20-14-8-3-9-15-20/h1-15,21,23-25H,16-17H2. The zero-order valence-electron chi connectivity index (χ0n) is 14.0. The van der Waals surface area contributed by atoms with E-state index < -0.39 is 5.60 Å². The van der Waals surface area contributed by atoms with Crippen LogP contribution in [0, 0.1) is 0 Å². The first kappa shape index (κ1) is 17.4. The zero-order chi connectivity index (χ0) is 17.5. The van der Waals surface area contributed by atoms with Crippen molar-refractivity contribution in [3.63, 3.8) is 0 Å². The summed E-state index contributed by atoms with van der Waals surface area (Å²) in [5.41, 5.74) is 1.45. The fourth-order valence-corrected chi connectivity index (χ4v) is 3.04. The Morgan fingerprint density at radius 3 is 1.60 bits per heavy atom. The maximum atomic E-state index is 11.5. The van der Waals surface area contributed by atoms with Gasteiger partial charge in [0.2, 0.25) is 0 Å². The van der Waals surface area contributed by atoms with Crippen molar-refractivity contribution in [3.8, 4) is 0 Å². The Bertz CT molecular complexity index is 720. The molecular formula is C22H23NO2. The van der Waals surface area contributed by atoms with Crippen LogP contribution in [0.5, 0.6) is 0 Å². The average Bonchev–Trinajstić information content (AvgIpc) is 2.70. The fourth-order valence-electron chi connectivity index (χ4n) is 3.04. The summed E-state index contributed by atoms with van der Waals surface area (Å²) in [6.07, 6.45) is 0. The third-order valence-electron chi connectivity index (χ3n) is 4.49. The lowest BCUT2D eigenvalue weighted by Gasteiger charge is -2.31. The molecule has 0 spiro atoms. The topological polar surface area (TPSA) is 52.5 Å². The molecule has 0 aliphatic heterocycles. The molecule has 3 nitrogen and oxygen atoms in total. The van der Waals surface area contributed by atoms with Gasteiger partial charge in [0.05, 0.1) is 12.6 Å². The van der Waals surface area contributed by atoms with Crippen LogP contribution in [0.1, 0.15) is 22.7 Å². The summed E-state index contributed by atoms with van der Waals surface area (Å²) in [4.78, 5) is 0. The minimum atomic E-state index is -1.18. The summed E-state index contributed by atoms with van der Waals surface area (Å²) < 4.78 is 0. The summed E-state index contributed by atoms with van der Waals surface area (Å²) in [6, 6.07) is 28.8. The number of nitrogens with one attached hydrogen (secondary N) is 1. The Kier molecular flexibility index (Phi) is 5.61. The molecule has 128 valence electrons. The molecule has 0 saturated carbocycles. The lowest BCUT2D eigenvalue weighted by Crippen LogP contribution is -2.41. The maximum absolute atomic E-state index is 11.5. The molecule has 0 aromatic heterocycles. The average molecular weight is 333 g/mol. The van der Waals surface area contributed by atoms with Gasteiger partial charge in [-0.05, 0) is 16.7 Å². The largest absolute Gasteiger partial charge is 0.394 e. The molecule has 3 heteroatoms. The molecule has 0 fully saturated rings. The quantitative estimate of drug-likeness (QED) is 0.622. The molecule has 3 aromatic rings. The van der Waals surface area contributed by atoms with Gasteiger partial charge in [0.25, 0.3) is 0 Å². The summed E-state index contributed by atoms with van der Waals surface area (Å²) in [5.74, 6) is 0. The third kappa shape index (κ3) is 3.97. The minimum absolute atomic E-state index is 0.0380. The molecule has 0 bridgehead atoms. The smallest absolute Gasteiger partial charge is 0.127 e. The van der Waals surface area contributed by atoms with E-state index in [2.05, 4.69) is 5.32 Å². The first-order chi connectivity index (χ1) is 12.2. The van der Waals surface area contributed by atoms with Crippen molar-refractivity contribution in [3.05, 3.63) is 108 Å². The van der Waals surface area contributed by atoms with Crippen LogP contribution < -0.4 is 5.32 Å². The number of aliphatic hydroxyl groups is 2. The molecule has 0 aliphatic carbocycles. The van der Waals surface area contributed by atoms with Crippen LogP contribution in [0.4, 0.5) is 0 Å². The Labute approximate surface area is 148 Å². The van der Waals surface area contributed by atoms with E-state index in [1.54, 1.807) is 0 Å². The van der Waals surface area contributed by atoms with Crippen LogP contribution in [-0.4, -0.2) is 23.4 Å². The summed E-state index contributed by atoms with van der Waals surface area (Å²) >= 11 is 0. The zero-order valence-corrected chi connectivity index (χ0v) is 14.0. The van der Waals surface area contributed by atoms with E-state index in [0.29, 0.717) is 6.54 Å². The van der Waals surface area contributed by atoms with Crippen molar-refractivity contribution in [1.82, 2.24) is 5.32 Å². The second kappa shape index (κ2) is 8.08. The number of aliphatic hydroxyl groups excluding tert-OH is 1. The molecule has 0 aliphatic rings. The van der Waals surface area contributed by atoms with Crippen molar-refractivity contribution in [2.75, 3.05) is 13.2 Å². The summed E-state index contributed by atoms with van der Waals surface area (Å²) in [6.45, 7) is 0.255. The van der Waals surface area contributed by atoms with Crippen molar-refractivity contribution >= 4 is 0 Å². The molecule has 1 atom stereocenters. The van der Waals surface area contributed by atoms with Gasteiger partial charge < -0.3 is 15.5 Å². The third-order valence-corrected chi connectivity index (χ3v) is 4.49. The molecule has 0 heterocycles. The van der Waals surface area contributed by atoms with Gasteiger partial charge in [-0.3, -0.25) is 0 Å². The number of benzene rings is 3. The van der Waals surface area contributed by atoms with Crippen molar-refractivity contribution in [2.24, 2.45) is 0 Å². The second-order valence-electron chi connectivity index (χ2n) is 6.12. The van der Waals surface area contributed by atoms with Gasteiger partial charge in [0.1, 0.15) is 5.60 Å². The molecule has 3 aromatic carbocycles. The van der Waals surface area contributed by atoms with Gasteiger partial charge in [-0.25, -0.2) is 0 Å². The molecule has 25 heavy (non-hydrogen) atoms. The SMILES string of the molecule is OCC(NCC(O)(c1ccccc1)c1ccccc1)c1ccccc1. The summed E-state index contributed by atoms with van der Waals surface area (Å²) in [7, 11) is 0. The van der Waals surface area contributed by atoms with Crippen LogP contribution in [0.3, 0.4) is 0 Å². The highest BCUT2D eigenvalue weighted by molar-refractivity contribution is 5.36. The first-order valence-corrected chi connectivity index (χ1v) is 8.46. The van der Waals surface area contributed by atoms with E-state index in [-0.39, 0.29) is 12.6 Å². The van der Waals surface area contributed by atoms with Crippen molar-refractivity contribution < 1.29 is 10.2 Å². The van der Waals surface area contributed by atoms with Gasteiger partial charge in [0, 0.05) is 6.54 Å². The van der Waals surface area contributed by atoms with E-state index in [0.717, 1.165) is 16.7 Å². The van der Waals surface area contributed by atoms with Crippen LogP contribution in [-0.2, 0) is 5.60 Å². The van der Waals surface area contributed by atoms with Gasteiger partial charge in [-0.1, -0.05) is 91.0 Å². The number of hydrogen-bond acceptors (Lipinski definition) is 3. The second-order valence-corrected chi connectivity index (χ2v) is 6.12. The number of hydrogen-bond donors (Lipinski definition) is 3. The van der Waals surface area contributed by atoms with E-state index in [4.69, 9.17) is 0 Å². The highest BCUT2D eigenvalue weighted by Crippen LogP contribution is 2.29. The molecule has 0 saturated heterocycles. The Morgan fingerprint density at radius 2 is 1.16 bits per heavy atom. The van der Waals surface area contributed by atoms with Gasteiger partial charge >= 0.3 is 0 Å². The van der Waals surface area contributed by atoms with Crippen LogP contribution in [0.15, 0.2) is 91.0 Å². The monoisotopic (exact) mass is 333 g/mol. The molecule has 0 amide bonds. The molecule has 1 unspecified atom stereocenters. The highest BCUT2D eigenvalue weighted by atomic mass is 16.3. The Morgan fingerprint density at radius 1 is 0.720 bits per heavy atom. The van der Waals surface area contributed by atoms with Gasteiger partial charge in [-0.2, -0.15) is 0 Å². The van der Waals surface area contributed by atoms with Crippen LogP contribution in [0.2, 0.25) is 0 Å². The van der Waals surface area contributed by atoms with Gasteiger partial charge in [0.15, 0.2) is 0 Å². The molecule has 0 radical (unpaired) electrons. The fraction of sp³-hybridized carbons (Fsp3) is 0.182. The van der Waals surface area contributed by atoms with Crippen molar-refractivity contribution in [1.29, 1.82) is 0 Å². The van der Waals surface area contributed by atoms with Crippen molar-refractivity contribution in [2.45, 2.75) is 11.6 Å². The minimum Gasteiger partial charge on any atom is -0.394 e. The molecular weight excluding hydrogens is 310 g/mol. The molecule has 3 N–H and O–H groups in total. The van der Waals surface area contributed by atoms with E-state index in [1.165, 1.54) is 0 Å². The van der Waals surface area contributed by atoms with Gasteiger partial charge in [-0.15, -0.1) is 0 Å². The Hall–Kier alpha value is -2.46. The number of rotatable bonds is 7. The van der Waals surface area contributed by atoms with E-state index in [9.17, 15) is 10.2 Å². The maximum Gasteiger partial charge on any atom is 0.127 e. The molecule has 3 rings (SSSR count). The van der Waals surface area contributed by atoms with Crippen LogP contribution in [0.25, 0.3) is 0 Å². The Balaban J connectivity index is 1.88. The van der Waals surface area contributed by atoms with E-state index in [1.807, 2.05) is 91.0 Å². The normalized spacial score (nSPS) is 12.7. The lowest BCUT2D eigenvalue weighted by molar-refractivity contribution is 0.0728.